The minimum absolute atomic E-state index is 0.0332. The summed E-state index contributed by atoms with van der Waals surface area (Å²) in [6.45, 7) is 0.299. The van der Waals surface area contributed by atoms with E-state index in [1.807, 2.05) is 0 Å². The van der Waals surface area contributed by atoms with Crippen LogP contribution in [0.4, 0.5) is 10.5 Å². The second-order valence-corrected chi connectivity index (χ2v) is 8.19. The predicted octanol–water partition coefficient (Wildman–Crippen LogP) is 2.87. The molecule has 0 atom stereocenters. The summed E-state index contributed by atoms with van der Waals surface area (Å²) in [6, 6.07) is 15.9. The van der Waals surface area contributed by atoms with E-state index in [9.17, 15) is 18.0 Å². The average Bonchev–Trinajstić information content (AvgIpc) is 3.31. The molecular formula is C21H21N3O6S. The van der Waals surface area contributed by atoms with E-state index in [0.717, 1.165) is 5.56 Å². The normalized spacial score (nSPS) is 11.0. The van der Waals surface area contributed by atoms with Crippen LogP contribution in [0.5, 0.6) is 0 Å². The lowest BCUT2D eigenvalue weighted by Gasteiger charge is -2.09. The zero-order chi connectivity index (χ0) is 22.3. The Labute approximate surface area is 179 Å². The number of nitrogens with one attached hydrogen (secondary N) is 3. The largest absolute Gasteiger partial charge is 0.468 e. The second-order valence-electron chi connectivity index (χ2n) is 6.42. The Morgan fingerprint density at radius 2 is 1.68 bits per heavy atom. The number of anilines is 1. The smallest absolute Gasteiger partial charge is 0.411 e. The Bertz CT molecular complexity index is 1120. The molecule has 1 heterocycles. The number of carbonyl (C=O) groups is 2. The van der Waals surface area contributed by atoms with Gasteiger partial charge in [-0.1, -0.05) is 12.1 Å². The van der Waals surface area contributed by atoms with E-state index in [4.69, 9.17) is 4.42 Å². The Morgan fingerprint density at radius 1 is 0.968 bits per heavy atom. The highest BCUT2D eigenvalue weighted by Gasteiger charge is 2.15. The van der Waals surface area contributed by atoms with Gasteiger partial charge in [0.05, 0.1) is 24.8 Å². The summed E-state index contributed by atoms with van der Waals surface area (Å²) in [5.74, 6) is 0.151. The molecule has 0 aliphatic heterocycles. The average molecular weight is 443 g/mol. The van der Waals surface area contributed by atoms with E-state index >= 15 is 0 Å². The van der Waals surface area contributed by atoms with Crippen molar-refractivity contribution >= 4 is 27.7 Å². The van der Waals surface area contributed by atoms with Gasteiger partial charge in [0.2, 0.25) is 10.0 Å². The number of benzene rings is 2. The molecule has 0 fully saturated rings. The highest BCUT2D eigenvalue weighted by molar-refractivity contribution is 7.89. The lowest BCUT2D eigenvalue weighted by molar-refractivity contribution is 0.0950. The maximum absolute atomic E-state index is 12.3. The first-order chi connectivity index (χ1) is 14.9. The van der Waals surface area contributed by atoms with Crippen LogP contribution in [0.15, 0.2) is 76.2 Å². The molecule has 0 radical (unpaired) electrons. The van der Waals surface area contributed by atoms with Crippen LogP contribution in [0.25, 0.3) is 0 Å². The third-order valence-corrected chi connectivity index (χ3v) is 5.70. The van der Waals surface area contributed by atoms with Gasteiger partial charge < -0.3 is 14.5 Å². The predicted molar refractivity (Wildman–Crippen MR) is 113 cm³/mol. The van der Waals surface area contributed by atoms with Gasteiger partial charge in [-0.2, -0.15) is 0 Å². The SMILES string of the molecule is COC(=O)Nc1ccc(CNC(=O)c2ccc(S(=O)(=O)NCc3ccco3)cc2)cc1. The van der Waals surface area contributed by atoms with Gasteiger partial charge in [-0.25, -0.2) is 17.9 Å². The van der Waals surface area contributed by atoms with Crippen LogP contribution >= 0.6 is 0 Å². The van der Waals surface area contributed by atoms with E-state index in [1.54, 1.807) is 36.4 Å². The van der Waals surface area contributed by atoms with Crippen molar-refractivity contribution in [3.63, 3.8) is 0 Å². The number of carbonyl (C=O) groups excluding carboxylic acids is 2. The molecule has 0 spiro atoms. The highest BCUT2D eigenvalue weighted by Crippen LogP contribution is 2.13. The lowest BCUT2D eigenvalue weighted by Crippen LogP contribution is -2.24. The van der Waals surface area contributed by atoms with Crippen LogP contribution in [0.2, 0.25) is 0 Å². The number of furan rings is 1. The molecule has 2 amide bonds. The Morgan fingerprint density at radius 3 is 2.29 bits per heavy atom. The van der Waals surface area contributed by atoms with Gasteiger partial charge in [-0.3, -0.25) is 10.1 Å². The van der Waals surface area contributed by atoms with Gasteiger partial charge >= 0.3 is 6.09 Å². The van der Waals surface area contributed by atoms with Crippen molar-refractivity contribution in [1.82, 2.24) is 10.0 Å². The third kappa shape index (κ3) is 6.17. The van der Waals surface area contributed by atoms with Crippen molar-refractivity contribution in [2.24, 2.45) is 0 Å². The number of methoxy groups -OCH3 is 1. The Kier molecular flexibility index (Phi) is 7.06. The molecule has 10 heteroatoms. The van der Waals surface area contributed by atoms with E-state index in [-0.39, 0.29) is 23.9 Å². The number of ether oxygens (including phenoxy) is 1. The van der Waals surface area contributed by atoms with Crippen LogP contribution in [0, 0.1) is 0 Å². The van der Waals surface area contributed by atoms with Crippen LogP contribution in [0.3, 0.4) is 0 Å². The molecule has 0 aliphatic carbocycles. The van der Waals surface area contributed by atoms with Crippen LogP contribution in [-0.4, -0.2) is 27.5 Å². The highest BCUT2D eigenvalue weighted by atomic mass is 32.2. The zero-order valence-electron chi connectivity index (χ0n) is 16.6. The molecule has 31 heavy (non-hydrogen) atoms. The van der Waals surface area contributed by atoms with Crippen molar-refractivity contribution in [3.05, 3.63) is 83.8 Å². The van der Waals surface area contributed by atoms with Gasteiger partial charge in [0, 0.05) is 17.8 Å². The van der Waals surface area contributed by atoms with Crippen molar-refractivity contribution in [1.29, 1.82) is 0 Å². The van der Waals surface area contributed by atoms with E-state index in [1.165, 1.54) is 37.6 Å². The van der Waals surface area contributed by atoms with Crippen LogP contribution < -0.4 is 15.4 Å². The zero-order valence-corrected chi connectivity index (χ0v) is 17.4. The first-order valence-electron chi connectivity index (χ1n) is 9.21. The summed E-state index contributed by atoms with van der Waals surface area (Å²) < 4.78 is 36.8. The number of rotatable bonds is 8. The molecule has 0 bridgehead atoms. The first kappa shape index (κ1) is 22.1. The maximum atomic E-state index is 12.3. The number of sulfonamides is 1. The molecule has 2 aromatic carbocycles. The molecule has 3 rings (SSSR count). The van der Waals surface area contributed by atoms with E-state index in [0.29, 0.717) is 17.0 Å². The van der Waals surface area contributed by atoms with Gasteiger partial charge in [0.1, 0.15) is 5.76 Å². The lowest BCUT2D eigenvalue weighted by atomic mass is 10.2. The molecule has 3 aromatic rings. The number of hydrogen-bond donors (Lipinski definition) is 3. The van der Waals surface area contributed by atoms with Gasteiger partial charge in [-0.05, 0) is 54.1 Å². The molecule has 162 valence electrons. The number of amides is 2. The molecule has 0 unspecified atom stereocenters. The second kappa shape index (κ2) is 9.92. The summed E-state index contributed by atoms with van der Waals surface area (Å²) in [6.07, 6.45) is 0.896. The van der Waals surface area contributed by atoms with Crippen molar-refractivity contribution in [3.8, 4) is 0 Å². The fourth-order valence-corrected chi connectivity index (χ4v) is 3.60. The summed E-state index contributed by atoms with van der Waals surface area (Å²) in [5, 5.41) is 5.30. The number of hydrogen-bond acceptors (Lipinski definition) is 6. The standard InChI is InChI=1S/C21H21N3O6S/c1-29-21(26)24-17-8-4-15(5-9-17)13-22-20(25)16-6-10-19(11-7-16)31(27,28)23-14-18-3-2-12-30-18/h2-12,23H,13-14H2,1H3,(H,22,25)(H,24,26). The minimum atomic E-state index is -3.73. The molecule has 9 nitrogen and oxygen atoms in total. The summed E-state index contributed by atoms with van der Waals surface area (Å²) in [5.41, 5.74) is 1.72. The summed E-state index contributed by atoms with van der Waals surface area (Å²) in [7, 11) is -2.45. The molecule has 3 N–H and O–H groups in total. The molecule has 0 saturated heterocycles. The van der Waals surface area contributed by atoms with Crippen LogP contribution in [-0.2, 0) is 27.8 Å². The monoisotopic (exact) mass is 443 g/mol. The van der Waals surface area contributed by atoms with Gasteiger partial charge in [-0.15, -0.1) is 0 Å². The fourth-order valence-electron chi connectivity index (χ4n) is 2.61. The topological polar surface area (TPSA) is 127 Å². The first-order valence-corrected chi connectivity index (χ1v) is 10.7. The quantitative estimate of drug-likeness (QED) is 0.491. The summed E-state index contributed by atoms with van der Waals surface area (Å²) >= 11 is 0. The van der Waals surface area contributed by atoms with Crippen molar-refractivity contribution in [2.75, 3.05) is 12.4 Å². The molecule has 1 aromatic heterocycles. The molecular weight excluding hydrogens is 422 g/mol. The Balaban J connectivity index is 1.54. The van der Waals surface area contributed by atoms with Crippen LogP contribution in [0.1, 0.15) is 21.7 Å². The maximum Gasteiger partial charge on any atom is 0.411 e. The van der Waals surface area contributed by atoms with E-state index < -0.39 is 16.1 Å². The van der Waals surface area contributed by atoms with Crippen molar-refractivity contribution < 1.29 is 27.2 Å². The molecule has 0 saturated carbocycles. The van der Waals surface area contributed by atoms with E-state index in [2.05, 4.69) is 20.1 Å². The molecule has 0 aliphatic rings. The van der Waals surface area contributed by atoms with Gasteiger partial charge in [0.15, 0.2) is 0 Å². The van der Waals surface area contributed by atoms with Crippen molar-refractivity contribution in [2.45, 2.75) is 18.0 Å². The summed E-state index contributed by atoms with van der Waals surface area (Å²) in [4.78, 5) is 23.6. The third-order valence-electron chi connectivity index (χ3n) is 4.28. The minimum Gasteiger partial charge on any atom is -0.468 e. The fraction of sp³-hybridized carbons (Fsp3) is 0.143. The van der Waals surface area contributed by atoms with Gasteiger partial charge in [0.25, 0.3) is 5.91 Å². The Hall–Kier alpha value is -3.63.